The second-order valence-electron chi connectivity index (χ2n) is 5.66. The highest BCUT2D eigenvalue weighted by molar-refractivity contribution is 6.30. The number of aromatic nitrogens is 2. The second kappa shape index (κ2) is 5.37. The summed E-state index contributed by atoms with van der Waals surface area (Å²) in [6.07, 6.45) is 2.82. The van der Waals surface area contributed by atoms with E-state index in [4.69, 9.17) is 16.3 Å². The fourth-order valence-corrected chi connectivity index (χ4v) is 3.62. The van der Waals surface area contributed by atoms with Gasteiger partial charge in [-0.05, 0) is 26.2 Å². The van der Waals surface area contributed by atoms with E-state index in [1.165, 1.54) is 0 Å². The van der Waals surface area contributed by atoms with Gasteiger partial charge in [0.15, 0.2) is 0 Å². The molecule has 20 heavy (non-hydrogen) atoms. The Bertz CT molecular complexity index is 523. The Kier molecular flexibility index (Phi) is 3.73. The summed E-state index contributed by atoms with van der Waals surface area (Å²) in [5.41, 5.74) is 1.93. The van der Waals surface area contributed by atoms with Crippen molar-refractivity contribution in [2.75, 3.05) is 19.8 Å². The third-order valence-corrected chi connectivity index (χ3v) is 4.79. The molecule has 0 unspecified atom stereocenters. The number of nitrogens with zero attached hydrogens (tertiary/aromatic N) is 3. The number of amides is 1. The molecule has 3 rings (SSSR count). The molecule has 0 bridgehead atoms. The van der Waals surface area contributed by atoms with Crippen LogP contribution in [0.3, 0.4) is 0 Å². The van der Waals surface area contributed by atoms with Gasteiger partial charge >= 0.3 is 0 Å². The quantitative estimate of drug-likeness (QED) is 0.840. The maximum absolute atomic E-state index is 12.6. The monoisotopic (exact) mass is 297 g/mol. The van der Waals surface area contributed by atoms with E-state index in [-0.39, 0.29) is 17.9 Å². The third-order valence-electron chi connectivity index (χ3n) is 4.34. The number of hydrogen-bond donors (Lipinski definition) is 0. The van der Waals surface area contributed by atoms with Gasteiger partial charge < -0.3 is 9.64 Å². The zero-order valence-electron chi connectivity index (χ0n) is 11.9. The van der Waals surface area contributed by atoms with Crippen molar-refractivity contribution in [3.05, 3.63) is 16.4 Å². The Hall–Kier alpha value is -1.07. The Morgan fingerprint density at radius 3 is 2.85 bits per heavy atom. The first-order chi connectivity index (χ1) is 9.59. The largest absolute Gasteiger partial charge is 0.381 e. The molecule has 0 saturated carbocycles. The van der Waals surface area contributed by atoms with Crippen LogP contribution in [0.15, 0.2) is 0 Å². The standard InChI is InChI=1S/C14H20ClN3O2/c1-9-12(13(15)17(2)16-9)11-4-3-6-18(11)14(19)10-5-7-20-8-10/h10-11H,3-8H2,1-2H3/t10-,11+/m0/s1. The van der Waals surface area contributed by atoms with Crippen molar-refractivity contribution in [2.24, 2.45) is 13.0 Å². The topological polar surface area (TPSA) is 47.4 Å². The van der Waals surface area contributed by atoms with E-state index in [0.29, 0.717) is 18.4 Å². The van der Waals surface area contributed by atoms with Crippen molar-refractivity contribution in [3.8, 4) is 0 Å². The van der Waals surface area contributed by atoms with Crippen molar-refractivity contribution >= 4 is 17.5 Å². The van der Waals surface area contributed by atoms with E-state index in [9.17, 15) is 4.79 Å². The van der Waals surface area contributed by atoms with Crippen LogP contribution in [-0.4, -0.2) is 40.3 Å². The lowest BCUT2D eigenvalue weighted by Crippen LogP contribution is -2.36. The number of halogens is 1. The van der Waals surface area contributed by atoms with Gasteiger partial charge in [-0.3, -0.25) is 9.48 Å². The fraction of sp³-hybridized carbons (Fsp3) is 0.714. The minimum Gasteiger partial charge on any atom is -0.381 e. The van der Waals surface area contributed by atoms with Gasteiger partial charge in [-0.1, -0.05) is 11.6 Å². The molecule has 0 aromatic carbocycles. The minimum atomic E-state index is 0.0198. The van der Waals surface area contributed by atoms with Crippen LogP contribution in [-0.2, 0) is 16.6 Å². The van der Waals surface area contributed by atoms with Crippen LogP contribution in [0.2, 0.25) is 5.15 Å². The number of aryl methyl sites for hydroxylation is 2. The molecule has 0 aliphatic carbocycles. The Morgan fingerprint density at radius 2 is 2.25 bits per heavy atom. The summed E-state index contributed by atoms with van der Waals surface area (Å²) in [6, 6.07) is 0.0734. The number of hydrogen-bond acceptors (Lipinski definition) is 3. The summed E-state index contributed by atoms with van der Waals surface area (Å²) in [5, 5.41) is 5.02. The molecule has 6 heteroatoms. The molecule has 1 aromatic rings. The van der Waals surface area contributed by atoms with Gasteiger partial charge in [0.05, 0.1) is 24.3 Å². The molecule has 0 N–H and O–H groups in total. The molecule has 110 valence electrons. The predicted molar refractivity (Wildman–Crippen MR) is 75.6 cm³/mol. The van der Waals surface area contributed by atoms with Crippen LogP contribution in [0.1, 0.15) is 36.6 Å². The summed E-state index contributed by atoms with van der Waals surface area (Å²) < 4.78 is 7.03. The molecule has 3 heterocycles. The van der Waals surface area contributed by atoms with Gasteiger partial charge in [0.2, 0.25) is 5.91 Å². The van der Waals surface area contributed by atoms with E-state index in [1.807, 2.05) is 18.9 Å². The number of carbonyl (C=O) groups is 1. The van der Waals surface area contributed by atoms with Gasteiger partial charge in [-0.15, -0.1) is 0 Å². The highest BCUT2D eigenvalue weighted by Gasteiger charge is 2.37. The molecule has 2 aliphatic heterocycles. The molecule has 2 atom stereocenters. The van der Waals surface area contributed by atoms with Crippen LogP contribution in [0.25, 0.3) is 0 Å². The van der Waals surface area contributed by atoms with Crippen molar-refractivity contribution in [1.82, 2.24) is 14.7 Å². The van der Waals surface area contributed by atoms with Gasteiger partial charge in [-0.25, -0.2) is 0 Å². The summed E-state index contributed by atoms with van der Waals surface area (Å²) in [7, 11) is 1.84. The lowest BCUT2D eigenvalue weighted by Gasteiger charge is -2.27. The number of carbonyl (C=O) groups excluding carboxylic acids is 1. The molecule has 2 saturated heterocycles. The number of ether oxygens (including phenoxy) is 1. The van der Waals surface area contributed by atoms with Crippen LogP contribution < -0.4 is 0 Å². The predicted octanol–water partition coefficient (Wildman–Crippen LogP) is 2.08. The number of rotatable bonds is 2. The third kappa shape index (κ3) is 2.23. The van der Waals surface area contributed by atoms with Crippen molar-refractivity contribution in [2.45, 2.75) is 32.2 Å². The van der Waals surface area contributed by atoms with Crippen LogP contribution in [0.4, 0.5) is 0 Å². The second-order valence-corrected chi connectivity index (χ2v) is 6.02. The van der Waals surface area contributed by atoms with E-state index >= 15 is 0 Å². The van der Waals surface area contributed by atoms with Gasteiger partial charge in [0.1, 0.15) is 5.15 Å². The Labute approximate surface area is 123 Å². The fourth-order valence-electron chi connectivity index (χ4n) is 3.32. The van der Waals surface area contributed by atoms with E-state index in [1.54, 1.807) is 4.68 Å². The summed E-state index contributed by atoms with van der Waals surface area (Å²) >= 11 is 6.36. The zero-order chi connectivity index (χ0) is 14.3. The molecule has 2 fully saturated rings. The molecule has 0 radical (unpaired) electrons. The van der Waals surface area contributed by atoms with Crippen molar-refractivity contribution in [3.63, 3.8) is 0 Å². The average molecular weight is 298 g/mol. The Morgan fingerprint density at radius 1 is 1.45 bits per heavy atom. The van der Waals surface area contributed by atoms with Crippen LogP contribution in [0.5, 0.6) is 0 Å². The minimum absolute atomic E-state index is 0.0198. The van der Waals surface area contributed by atoms with Crippen molar-refractivity contribution < 1.29 is 9.53 Å². The molecule has 0 spiro atoms. The first kappa shape index (κ1) is 13.9. The molecule has 1 aromatic heterocycles. The molecule has 5 nitrogen and oxygen atoms in total. The summed E-state index contributed by atoms with van der Waals surface area (Å²) in [5.74, 6) is 0.232. The molecule has 2 aliphatic rings. The first-order valence-corrected chi connectivity index (χ1v) is 7.54. The summed E-state index contributed by atoms with van der Waals surface area (Å²) in [6.45, 7) is 4.02. The zero-order valence-corrected chi connectivity index (χ0v) is 12.7. The molecule has 1 amide bonds. The SMILES string of the molecule is Cc1nn(C)c(Cl)c1[C@H]1CCCN1C(=O)[C@H]1CCOC1. The van der Waals surface area contributed by atoms with Crippen LogP contribution >= 0.6 is 11.6 Å². The lowest BCUT2D eigenvalue weighted by molar-refractivity contribution is -0.136. The number of likely N-dealkylation sites (tertiary alicyclic amines) is 1. The maximum Gasteiger partial charge on any atom is 0.228 e. The molecular weight excluding hydrogens is 278 g/mol. The van der Waals surface area contributed by atoms with Crippen LogP contribution in [0, 0.1) is 12.8 Å². The molecular formula is C14H20ClN3O2. The normalized spacial score (nSPS) is 26.4. The first-order valence-electron chi connectivity index (χ1n) is 7.17. The van der Waals surface area contributed by atoms with E-state index in [0.717, 1.165) is 37.1 Å². The lowest BCUT2D eigenvalue weighted by atomic mass is 10.0. The van der Waals surface area contributed by atoms with Gasteiger partial charge in [-0.2, -0.15) is 5.10 Å². The van der Waals surface area contributed by atoms with E-state index < -0.39 is 0 Å². The summed E-state index contributed by atoms with van der Waals surface area (Å²) in [4.78, 5) is 14.6. The van der Waals surface area contributed by atoms with E-state index in [2.05, 4.69) is 5.10 Å². The maximum atomic E-state index is 12.6. The Balaban J connectivity index is 1.86. The van der Waals surface area contributed by atoms with Gasteiger partial charge in [0, 0.05) is 25.8 Å². The average Bonchev–Trinajstić information content (AvgIpc) is 3.12. The highest BCUT2D eigenvalue weighted by atomic mass is 35.5. The van der Waals surface area contributed by atoms with Crippen molar-refractivity contribution in [1.29, 1.82) is 0 Å². The smallest absolute Gasteiger partial charge is 0.228 e. The highest BCUT2D eigenvalue weighted by Crippen LogP contribution is 2.38. The van der Waals surface area contributed by atoms with Gasteiger partial charge in [0.25, 0.3) is 0 Å².